The fourth-order valence-corrected chi connectivity index (χ4v) is 3.31. The number of hydrogen-bond acceptors (Lipinski definition) is 4. The van der Waals surface area contributed by atoms with Crippen molar-refractivity contribution in [3.63, 3.8) is 0 Å². The molecule has 0 spiro atoms. The van der Waals surface area contributed by atoms with Gasteiger partial charge < -0.3 is 14.2 Å². The summed E-state index contributed by atoms with van der Waals surface area (Å²) in [5.41, 5.74) is 1.15. The molecular formula is C18H22N2O3. The van der Waals surface area contributed by atoms with Crippen LogP contribution in [0, 0.1) is 0 Å². The minimum Gasteiger partial charge on any atom is -0.496 e. The summed E-state index contributed by atoms with van der Waals surface area (Å²) in [6.07, 6.45) is 3.23. The van der Waals surface area contributed by atoms with Gasteiger partial charge in [-0.2, -0.15) is 0 Å². The highest BCUT2D eigenvalue weighted by Crippen LogP contribution is 2.31. The van der Waals surface area contributed by atoms with Gasteiger partial charge in [-0.3, -0.25) is 4.79 Å². The van der Waals surface area contributed by atoms with Crippen molar-refractivity contribution < 1.29 is 14.1 Å². The molecule has 1 amide bonds. The molecule has 0 saturated carbocycles. The van der Waals surface area contributed by atoms with E-state index < -0.39 is 0 Å². The smallest absolute Gasteiger partial charge is 0.276 e. The Balaban J connectivity index is 1.88. The topological polar surface area (TPSA) is 55.6 Å². The van der Waals surface area contributed by atoms with Gasteiger partial charge in [-0.1, -0.05) is 17.3 Å². The summed E-state index contributed by atoms with van der Waals surface area (Å²) >= 11 is 0. The van der Waals surface area contributed by atoms with Gasteiger partial charge in [0.1, 0.15) is 5.75 Å². The zero-order valence-corrected chi connectivity index (χ0v) is 13.8. The molecule has 3 rings (SSSR count). The molecule has 23 heavy (non-hydrogen) atoms. The van der Waals surface area contributed by atoms with E-state index in [1.807, 2.05) is 29.2 Å². The molecule has 0 aliphatic carbocycles. The lowest BCUT2D eigenvalue weighted by Crippen LogP contribution is -2.47. The summed E-state index contributed by atoms with van der Waals surface area (Å²) < 4.78 is 10.7. The highest BCUT2D eigenvalue weighted by atomic mass is 16.5. The van der Waals surface area contributed by atoms with Crippen LogP contribution >= 0.6 is 0 Å². The second kappa shape index (κ2) is 6.44. The SMILES string of the molecule is COc1ccccc1-c1cc(C(=O)N2[C@H](C)CCC[C@H]2C)no1. The van der Waals surface area contributed by atoms with Crippen molar-refractivity contribution in [3.8, 4) is 17.1 Å². The number of rotatable bonds is 3. The monoisotopic (exact) mass is 314 g/mol. The summed E-state index contributed by atoms with van der Waals surface area (Å²) in [6.45, 7) is 4.18. The van der Waals surface area contributed by atoms with Crippen LogP contribution in [0.25, 0.3) is 11.3 Å². The fourth-order valence-electron chi connectivity index (χ4n) is 3.31. The van der Waals surface area contributed by atoms with E-state index in [9.17, 15) is 4.79 Å². The van der Waals surface area contributed by atoms with E-state index in [0.717, 1.165) is 24.8 Å². The zero-order chi connectivity index (χ0) is 16.4. The number of carbonyl (C=O) groups is 1. The molecule has 0 radical (unpaired) electrons. The Morgan fingerprint density at radius 2 is 1.96 bits per heavy atom. The van der Waals surface area contributed by atoms with Crippen LogP contribution in [-0.4, -0.2) is 35.2 Å². The van der Waals surface area contributed by atoms with Gasteiger partial charge >= 0.3 is 0 Å². The summed E-state index contributed by atoms with van der Waals surface area (Å²) in [5, 5.41) is 3.99. The van der Waals surface area contributed by atoms with E-state index in [1.165, 1.54) is 0 Å². The lowest BCUT2D eigenvalue weighted by atomic mass is 9.97. The molecule has 1 aromatic carbocycles. The third-order valence-corrected chi connectivity index (χ3v) is 4.53. The summed E-state index contributed by atoms with van der Waals surface area (Å²) in [6, 6.07) is 9.70. The number of para-hydroxylation sites is 1. The first-order valence-corrected chi connectivity index (χ1v) is 8.04. The van der Waals surface area contributed by atoms with Crippen LogP contribution in [0.1, 0.15) is 43.6 Å². The molecule has 2 heterocycles. The van der Waals surface area contributed by atoms with Gasteiger partial charge in [-0.05, 0) is 45.2 Å². The lowest BCUT2D eigenvalue weighted by Gasteiger charge is -2.38. The Morgan fingerprint density at radius 1 is 1.26 bits per heavy atom. The van der Waals surface area contributed by atoms with E-state index in [1.54, 1.807) is 13.2 Å². The van der Waals surface area contributed by atoms with Gasteiger partial charge in [0.25, 0.3) is 5.91 Å². The Kier molecular flexibility index (Phi) is 4.37. The molecule has 1 aliphatic rings. The van der Waals surface area contributed by atoms with Crippen LogP contribution in [0.5, 0.6) is 5.75 Å². The molecule has 0 bridgehead atoms. The van der Waals surface area contributed by atoms with Crippen molar-refractivity contribution in [2.45, 2.75) is 45.2 Å². The van der Waals surface area contributed by atoms with Gasteiger partial charge in [-0.25, -0.2) is 0 Å². The Labute approximate surface area is 136 Å². The number of hydrogen-bond donors (Lipinski definition) is 0. The second-order valence-corrected chi connectivity index (χ2v) is 6.12. The van der Waals surface area contributed by atoms with Crippen LogP contribution in [0.15, 0.2) is 34.9 Å². The normalized spacial score (nSPS) is 21.3. The van der Waals surface area contributed by atoms with Crippen molar-refractivity contribution in [1.82, 2.24) is 10.1 Å². The predicted octanol–water partition coefficient (Wildman–Crippen LogP) is 3.75. The van der Waals surface area contributed by atoms with E-state index >= 15 is 0 Å². The van der Waals surface area contributed by atoms with Gasteiger partial charge in [0.15, 0.2) is 11.5 Å². The minimum atomic E-state index is -0.0606. The number of piperidine rings is 1. The highest BCUT2D eigenvalue weighted by molar-refractivity contribution is 5.93. The van der Waals surface area contributed by atoms with Crippen LogP contribution in [0.4, 0.5) is 0 Å². The maximum Gasteiger partial charge on any atom is 0.276 e. The highest BCUT2D eigenvalue weighted by Gasteiger charge is 2.31. The van der Waals surface area contributed by atoms with E-state index in [4.69, 9.17) is 9.26 Å². The van der Waals surface area contributed by atoms with Gasteiger partial charge in [0.05, 0.1) is 12.7 Å². The van der Waals surface area contributed by atoms with Crippen molar-refractivity contribution >= 4 is 5.91 Å². The van der Waals surface area contributed by atoms with Crippen molar-refractivity contribution in [2.24, 2.45) is 0 Å². The summed E-state index contributed by atoms with van der Waals surface area (Å²) in [5.74, 6) is 1.18. The quantitative estimate of drug-likeness (QED) is 0.865. The standard InChI is InChI=1S/C18H22N2O3/c1-12-7-6-8-13(2)20(12)18(21)15-11-17(23-19-15)14-9-4-5-10-16(14)22-3/h4-5,9-13H,6-8H2,1-3H3/t12-,13-/m1/s1. The van der Waals surface area contributed by atoms with Crippen LogP contribution in [-0.2, 0) is 0 Å². The number of likely N-dealkylation sites (tertiary alicyclic amines) is 1. The molecule has 0 unspecified atom stereocenters. The number of benzene rings is 1. The third kappa shape index (κ3) is 2.96. The molecule has 5 nitrogen and oxygen atoms in total. The predicted molar refractivity (Wildman–Crippen MR) is 87.4 cm³/mol. The maximum atomic E-state index is 12.8. The van der Waals surface area contributed by atoms with Crippen LogP contribution < -0.4 is 4.74 Å². The first kappa shape index (κ1) is 15.6. The maximum absolute atomic E-state index is 12.8. The largest absolute Gasteiger partial charge is 0.496 e. The fraction of sp³-hybridized carbons (Fsp3) is 0.444. The molecule has 122 valence electrons. The van der Waals surface area contributed by atoms with Crippen LogP contribution in [0.3, 0.4) is 0 Å². The van der Waals surface area contributed by atoms with Gasteiger partial charge in [0.2, 0.25) is 0 Å². The molecule has 1 aliphatic heterocycles. The number of methoxy groups -OCH3 is 1. The third-order valence-electron chi connectivity index (χ3n) is 4.53. The van der Waals surface area contributed by atoms with E-state index in [-0.39, 0.29) is 18.0 Å². The molecule has 0 N–H and O–H groups in total. The lowest BCUT2D eigenvalue weighted by molar-refractivity contribution is 0.0500. The van der Waals surface area contributed by atoms with Crippen molar-refractivity contribution in [2.75, 3.05) is 7.11 Å². The Morgan fingerprint density at radius 3 is 2.65 bits per heavy atom. The van der Waals surface area contributed by atoms with Crippen LogP contribution in [0.2, 0.25) is 0 Å². The first-order valence-electron chi connectivity index (χ1n) is 8.04. The number of nitrogens with zero attached hydrogens (tertiary/aromatic N) is 2. The number of carbonyl (C=O) groups excluding carboxylic acids is 1. The first-order chi connectivity index (χ1) is 11.1. The van der Waals surface area contributed by atoms with Crippen molar-refractivity contribution in [3.05, 3.63) is 36.0 Å². The number of amides is 1. The second-order valence-electron chi connectivity index (χ2n) is 6.12. The molecule has 1 fully saturated rings. The average molecular weight is 314 g/mol. The molecular weight excluding hydrogens is 292 g/mol. The molecule has 5 heteroatoms. The summed E-state index contributed by atoms with van der Waals surface area (Å²) in [7, 11) is 1.61. The van der Waals surface area contributed by atoms with Gasteiger partial charge in [-0.15, -0.1) is 0 Å². The van der Waals surface area contributed by atoms with Crippen molar-refractivity contribution in [1.29, 1.82) is 0 Å². The summed E-state index contributed by atoms with van der Waals surface area (Å²) in [4.78, 5) is 14.7. The molecule has 1 saturated heterocycles. The minimum absolute atomic E-state index is 0.0606. The average Bonchev–Trinajstić information content (AvgIpc) is 3.04. The number of ether oxygens (including phenoxy) is 1. The molecule has 2 atom stereocenters. The van der Waals surface area contributed by atoms with E-state index in [0.29, 0.717) is 17.2 Å². The molecule has 2 aromatic rings. The van der Waals surface area contributed by atoms with Gasteiger partial charge in [0, 0.05) is 18.2 Å². The molecule has 1 aromatic heterocycles. The Bertz CT molecular complexity index is 685. The van der Waals surface area contributed by atoms with E-state index in [2.05, 4.69) is 19.0 Å². The number of aromatic nitrogens is 1. The Hall–Kier alpha value is -2.30. The zero-order valence-electron chi connectivity index (χ0n) is 13.8.